The van der Waals surface area contributed by atoms with Crippen molar-refractivity contribution in [1.82, 2.24) is 9.97 Å². The zero-order chi connectivity index (χ0) is 17.6. The summed E-state index contributed by atoms with van der Waals surface area (Å²) in [6, 6.07) is 9.42. The fourth-order valence-corrected chi connectivity index (χ4v) is 2.62. The Morgan fingerprint density at radius 1 is 1.16 bits per heavy atom. The number of pyridine rings is 1. The Balaban J connectivity index is 1.62. The zero-order valence-corrected chi connectivity index (χ0v) is 13.5. The highest BCUT2D eigenvalue weighted by atomic mass is 32.1. The molecule has 2 heterocycles. The fourth-order valence-electron chi connectivity index (χ4n) is 1.91. The Kier molecular flexibility index (Phi) is 5.14. The van der Waals surface area contributed by atoms with E-state index in [1.54, 1.807) is 35.8 Å². The summed E-state index contributed by atoms with van der Waals surface area (Å²) in [5, 5.41) is 7.80. The summed E-state index contributed by atoms with van der Waals surface area (Å²) < 4.78 is 28.5. The molecule has 1 amide bonds. The zero-order valence-electron chi connectivity index (χ0n) is 12.6. The summed E-state index contributed by atoms with van der Waals surface area (Å²) in [6.45, 7) is -2.86. The van der Waals surface area contributed by atoms with Crippen LogP contribution >= 0.6 is 11.3 Å². The van der Waals surface area contributed by atoms with Crippen LogP contribution in [0, 0.1) is 0 Å². The van der Waals surface area contributed by atoms with Crippen LogP contribution in [0.1, 0.15) is 10.5 Å². The Morgan fingerprint density at radius 2 is 1.96 bits per heavy atom. The number of hydrogen-bond donors (Lipinski definition) is 2. The van der Waals surface area contributed by atoms with E-state index in [0.29, 0.717) is 16.5 Å². The normalized spacial score (nSPS) is 10.5. The molecule has 0 atom stereocenters. The van der Waals surface area contributed by atoms with Gasteiger partial charge in [-0.05, 0) is 36.4 Å². The first-order chi connectivity index (χ1) is 12.1. The van der Waals surface area contributed by atoms with Gasteiger partial charge in [-0.3, -0.25) is 9.78 Å². The largest absolute Gasteiger partial charge is 0.435 e. The van der Waals surface area contributed by atoms with Gasteiger partial charge < -0.3 is 15.4 Å². The van der Waals surface area contributed by atoms with Gasteiger partial charge in [0.1, 0.15) is 11.4 Å². The van der Waals surface area contributed by atoms with Gasteiger partial charge in [0.05, 0.1) is 11.9 Å². The Morgan fingerprint density at radius 3 is 2.64 bits per heavy atom. The molecule has 1 aromatic carbocycles. The Labute approximate surface area is 145 Å². The van der Waals surface area contributed by atoms with Crippen LogP contribution in [-0.2, 0) is 0 Å². The average molecular weight is 362 g/mol. The first-order valence-corrected chi connectivity index (χ1v) is 7.97. The van der Waals surface area contributed by atoms with Crippen LogP contribution in [0.15, 0.2) is 54.2 Å². The van der Waals surface area contributed by atoms with Crippen molar-refractivity contribution in [1.29, 1.82) is 0 Å². The van der Waals surface area contributed by atoms with E-state index >= 15 is 0 Å². The maximum atomic E-state index is 12.1. The van der Waals surface area contributed by atoms with Crippen LogP contribution in [0.2, 0.25) is 0 Å². The van der Waals surface area contributed by atoms with Gasteiger partial charge in [-0.1, -0.05) is 0 Å². The van der Waals surface area contributed by atoms with Crippen LogP contribution in [0.4, 0.5) is 25.3 Å². The summed E-state index contributed by atoms with van der Waals surface area (Å²) in [5.74, 6) is -0.283. The molecule has 3 rings (SSSR count). The van der Waals surface area contributed by atoms with Crippen LogP contribution in [-0.4, -0.2) is 22.5 Å². The first-order valence-electron chi connectivity index (χ1n) is 7.09. The molecule has 0 spiro atoms. The molecule has 0 saturated carbocycles. The van der Waals surface area contributed by atoms with Crippen molar-refractivity contribution in [3.8, 4) is 5.75 Å². The molecule has 9 heteroatoms. The van der Waals surface area contributed by atoms with Crippen LogP contribution < -0.4 is 15.4 Å². The molecule has 0 unspecified atom stereocenters. The number of aromatic nitrogens is 2. The van der Waals surface area contributed by atoms with Crippen LogP contribution in [0.25, 0.3) is 0 Å². The van der Waals surface area contributed by atoms with E-state index in [4.69, 9.17) is 0 Å². The number of carbonyl (C=O) groups is 1. The fraction of sp³-hybridized carbons (Fsp3) is 0.0625. The monoisotopic (exact) mass is 362 g/mol. The predicted octanol–water partition coefficient (Wildman–Crippen LogP) is 4.14. The first kappa shape index (κ1) is 16.8. The van der Waals surface area contributed by atoms with Gasteiger partial charge in [0, 0.05) is 17.3 Å². The number of thiazole rings is 1. The minimum atomic E-state index is -2.86. The van der Waals surface area contributed by atoms with E-state index in [9.17, 15) is 13.6 Å². The lowest BCUT2D eigenvalue weighted by Gasteiger charge is -2.06. The smallest absolute Gasteiger partial charge is 0.387 e. The number of carbonyl (C=O) groups excluding carboxylic acids is 1. The summed E-state index contributed by atoms with van der Waals surface area (Å²) in [7, 11) is 0. The quantitative estimate of drug-likeness (QED) is 0.689. The molecule has 0 aliphatic heterocycles. The van der Waals surface area contributed by atoms with Crippen molar-refractivity contribution in [2.45, 2.75) is 6.61 Å². The van der Waals surface area contributed by atoms with Gasteiger partial charge in [0.2, 0.25) is 0 Å². The van der Waals surface area contributed by atoms with Gasteiger partial charge in [0.15, 0.2) is 5.13 Å². The molecule has 0 bridgehead atoms. The van der Waals surface area contributed by atoms with Crippen LogP contribution in [0.5, 0.6) is 5.75 Å². The lowest BCUT2D eigenvalue weighted by molar-refractivity contribution is -0.0498. The van der Waals surface area contributed by atoms with Crippen molar-refractivity contribution in [2.24, 2.45) is 0 Å². The molecule has 0 aliphatic rings. The van der Waals surface area contributed by atoms with Gasteiger partial charge in [-0.25, -0.2) is 4.98 Å². The SMILES string of the molecule is O=C(Nc1cccnc1)c1csc(Nc2ccc(OC(F)F)cc2)n1. The van der Waals surface area contributed by atoms with Crippen LogP contribution in [0.3, 0.4) is 0 Å². The van der Waals surface area contributed by atoms with Crippen molar-refractivity contribution in [3.63, 3.8) is 0 Å². The summed E-state index contributed by atoms with van der Waals surface area (Å²) in [5.41, 5.74) is 1.47. The second kappa shape index (κ2) is 7.67. The second-order valence-corrected chi connectivity index (χ2v) is 5.62. The van der Waals surface area contributed by atoms with Crippen molar-refractivity contribution in [3.05, 3.63) is 59.9 Å². The molecule has 0 radical (unpaired) electrons. The molecular formula is C16H12F2N4O2S. The molecule has 3 aromatic rings. The maximum Gasteiger partial charge on any atom is 0.387 e. The third-order valence-electron chi connectivity index (χ3n) is 2.99. The third kappa shape index (κ3) is 4.70. The number of alkyl halides is 2. The number of nitrogens with zero attached hydrogens (tertiary/aromatic N) is 2. The summed E-state index contributed by atoms with van der Waals surface area (Å²) in [4.78, 5) is 20.2. The summed E-state index contributed by atoms with van der Waals surface area (Å²) in [6.07, 6.45) is 3.14. The Bertz CT molecular complexity index is 841. The number of nitrogens with one attached hydrogen (secondary N) is 2. The molecule has 25 heavy (non-hydrogen) atoms. The lowest BCUT2D eigenvalue weighted by atomic mass is 10.3. The minimum Gasteiger partial charge on any atom is -0.435 e. The number of benzene rings is 1. The molecule has 0 saturated heterocycles. The molecular weight excluding hydrogens is 350 g/mol. The van der Waals surface area contributed by atoms with E-state index < -0.39 is 6.61 Å². The Hall–Kier alpha value is -3.07. The number of rotatable bonds is 6. The topological polar surface area (TPSA) is 76.1 Å². The number of anilines is 3. The number of halogens is 2. The molecule has 128 valence electrons. The number of amides is 1. The van der Waals surface area contributed by atoms with Crippen molar-refractivity contribution < 1.29 is 18.3 Å². The molecule has 2 N–H and O–H groups in total. The van der Waals surface area contributed by atoms with Gasteiger partial charge >= 0.3 is 6.61 Å². The lowest BCUT2D eigenvalue weighted by Crippen LogP contribution is -2.12. The van der Waals surface area contributed by atoms with Gasteiger partial charge in [-0.2, -0.15) is 8.78 Å². The molecule has 2 aromatic heterocycles. The van der Waals surface area contributed by atoms with Crippen molar-refractivity contribution >= 4 is 33.8 Å². The average Bonchev–Trinajstić information content (AvgIpc) is 3.06. The maximum absolute atomic E-state index is 12.1. The number of hydrogen-bond acceptors (Lipinski definition) is 6. The highest BCUT2D eigenvalue weighted by molar-refractivity contribution is 7.14. The summed E-state index contributed by atoms with van der Waals surface area (Å²) >= 11 is 1.25. The highest BCUT2D eigenvalue weighted by Gasteiger charge is 2.11. The third-order valence-corrected chi connectivity index (χ3v) is 3.74. The van der Waals surface area contributed by atoms with Crippen molar-refractivity contribution in [2.75, 3.05) is 10.6 Å². The number of ether oxygens (including phenoxy) is 1. The van der Waals surface area contributed by atoms with Gasteiger partial charge in [0.25, 0.3) is 5.91 Å². The van der Waals surface area contributed by atoms with E-state index in [1.165, 1.54) is 29.7 Å². The van der Waals surface area contributed by atoms with E-state index in [1.807, 2.05) is 0 Å². The highest BCUT2D eigenvalue weighted by Crippen LogP contribution is 2.24. The molecule has 0 aliphatic carbocycles. The minimum absolute atomic E-state index is 0.0660. The standard InChI is InChI=1S/C16H12F2N4O2S/c17-15(18)24-12-5-3-10(4-6-12)21-16-22-13(9-25-16)14(23)20-11-2-1-7-19-8-11/h1-9,15H,(H,20,23)(H,21,22). The second-order valence-electron chi connectivity index (χ2n) is 4.76. The molecule has 0 fully saturated rings. The predicted molar refractivity (Wildman–Crippen MR) is 90.7 cm³/mol. The van der Waals surface area contributed by atoms with E-state index in [2.05, 4.69) is 25.3 Å². The van der Waals surface area contributed by atoms with E-state index in [0.717, 1.165) is 0 Å². The molecule has 6 nitrogen and oxygen atoms in total. The van der Waals surface area contributed by atoms with E-state index in [-0.39, 0.29) is 17.4 Å². The van der Waals surface area contributed by atoms with Gasteiger partial charge in [-0.15, -0.1) is 11.3 Å².